The van der Waals surface area contributed by atoms with E-state index < -0.39 is 0 Å². The highest BCUT2D eigenvalue weighted by Crippen LogP contribution is 2.35. The summed E-state index contributed by atoms with van der Waals surface area (Å²) in [5.74, 6) is -0.177. The van der Waals surface area contributed by atoms with Gasteiger partial charge in [-0.15, -0.1) is 11.3 Å². The SMILES string of the molecule is O=C(CSc1nc2sc3c(c2c(=O)n1-c1ccccc1)CCCC3)NN=Cc1cccc2ccccc12. The Labute approximate surface area is 222 Å². The zero-order chi connectivity index (χ0) is 25.2. The highest BCUT2D eigenvalue weighted by atomic mass is 32.2. The van der Waals surface area contributed by atoms with Crippen molar-refractivity contribution in [3.8, 4) is 5.69 Å². The molecule has 0 fully saturated rings. The fourth-order valence-electron chi connectivity index (χ4n) is 4.79. The molecule has 184 valence electrons. The molecule has 8 heteroatoms. The number of nitrogens with zero attached hydrogens (tertiary/aromatic N) is 3. The van der Waals surface area contributed by atoms with Crippen molar-refractivity contribution in [2.75, 3.05) is 5.75 Å². The zero-order valence-corrected chi connectivity index (χ0v) is 21.6. The van der Waals surface area contributed by atoms with Gasteiger partial charge in [-0.3, -0.25) is 14.2 Å². The summed E-state index contributed by atoms with van der Waals surface area (Å²) in [6.07, 6.45) is 5.82. The molecule has 0 atom stereocenters. The van der Waals surface area contributed by atoms with Crippen LogP contribution in [0.4, 0.5) is 0 Å². The van der Waals surface area contributed by atoms with Crippen LogP contribution >= 0.6 is 23.1 Å². The summed E-state index contributed by atoms with van der Waals surface area (Å²) in [6.45, 7) is 0. The number of amides is 1. The van der Waals surface area contributed by atoms with Crippen LogP contribution in [0.5, 0.6) is 0 Å². The largest absolute Gasteiger partial charge is 0.272 e. The Bertz CT molecular complexity index is 1700. The van der Waals surface area contributed by atoms with Crippen LogP contribution in [0.15, 0.2) is 87.8 Å². The molecule has 37 heavy (non-hydrogen) atoms. The minimum atomic E-state index is -0.263. The topological polar surface area (TPSA) is 76.3 Å². The number of fused-ring (bicyclic) bond motifs is 4. The lowest BCUT2D eigenvalue weighted by Crippen LogP contribution is -2.24. The average molecular weight is 525 g/mol. The first-order valence-corrected chi connectivity index (χ1v) is 14.0. The number of hydrogen-bond acceptors (Lipinski definition) is 6. The van der Waals surface area contributed by atoms with Gasteiger partial charge in [0.2, 0.25) is 0 Å². The maximum atomic E-state index is 13.8. The first kappa shape index (κ1) is 23.6. The van der Waals surface area contributed by atoms with E-state index in [-0.39, 0.29) is 17.2 Å². The number of nitrogens with one attached hydrogen (secondary N) is 1. The van der Waals surface area contributed by atoms with E-state index in [1.54, 1.807) is 22.1 Å². The maximum absolute atomic E-state index is 13.8. The van der Waals surface area contributed by atoms with Gasteiger partial charge in [-0.25, -0.2) is 10.4 Å². The van der Waals surface area contributed by atoms with E-state index in [4.69, 9.17) is 4.98 Å². The molecule has 0 radical (unpaired) electrons. The second-order valence-electron chi connectivity index (χ2n) is 8.91. The molecule has 3 aromatic carbocycles. The molecule has 0 aliphatic heterocycles. The summed E-state index contributed by atoms with van der Waals surface area (Å²) in [5, 5.41) is 7.60. The van der Waals surface area contributed by atoms with Crippen LogP contribution in [-0.4, -0.2) is 27.4 Å². The van der Waals surface area contributed by atoms with Gasteiger partial charge in [-0.2, -0.15) is 5.10 Å². The monoisotopic (exact) mass is 524 g/mol. The van der Waals surface area contributed by atoms with Crippen LogP contribution in [-0.2, 0) is 17.6 Å². The predicted octanol–water partition coefficient (Wildman–Crippen LogP) is 5.72. The van der Waals surface area contributed by atoms with Crippen LogP contribution < -0.4 is 11.0 Å². The molecule has 5 aromatic rings. The lowest BCUT2D eigenvalue weighted by atomic mass is 9.97. The van der Waals surface area contributed by atoms with Crippen LogP contribution in [0.1, 0.15) is 28.8 Å². The third-order valence-corrected chi connectivity index (χ3v) is 8.65. The summed E-state index contributed by atoms with van der Waals surface area (Å²) in [4.78, 5) is 33.3. The van der Waals surface area contributed by atoms with E-state index in [1.807, 2.05) is 72.8 Å². The first-order valence-electron chi connectivity index (χ1n) is 12.2. The molecule has 0 saturated carbocycles. The van der Waals surface area contributed by atoms with Crippen molar-refractivity contribution in [1.82, 2.24) is 15.0 Å². The van der Waals surface area contributed by atoms with Crippen LogP contribution in [0.25, 0.3) is 26.7 Å². The van der Waals surface area contributed by atoms with Crippen molar-refractivity contribution in [1.29, 1.82) is 0 Å². The number of benzene rings is 3. The Kier molecular flexibility index (Phi) is 6.59. The highest BCUT2D eigenvalue weighted by molar-refractivity contribution is 7.99. The standard InChI is InChI=1S/C29H24N4O2S2/c34-25(32-30-17-20-11-8-10-19-9-4-5-14-22(19)20)18-36-29-31-27-26(23-15-6-7-16-24(23)37-27)28(35)33(29)21-12-2-1-3-13-21/h1-5,8-14,17H,6-7,15-16,18H2,(H,32,34). The quantitative estimate of drug-likeness (QED) is 0.133. The summed E-state index contributed by atoms with van der Waals surface area (Å²) < 4.78 is 1.64. The number of carbonyl (C=O) groups excluding carboxylic acids is 1. The number of para-hydroxylation sites is 1. The van der Waals surface area contributed by atoms with Gasteiger partial charge in [0.05, 0.1) is 23.0 Å². The van der Waals surface area contributed by atoms with Crippen LogP contribution in [0.3, 0.4) is 0 Å². The van der Waals surface area contributed by atoms with Crippen molar-refractivity contribution >= 4 is 56.2 Å². The van der Waals surface area contributed by atoms with Gasteiger partial charge in [-0.05, 0) is 54.2 Å². The van der Waals surface area contributed by atoms with E-state index in [0.29, 0.717) is 5.16 Å². The molecule has 0 bridgehead atoms. The number of aromatic nitrogens is 2. The number of aryl methyl sites for hydroxylation is 2. The van der Waals surface area contributed by atoms with Gasteiger partial charge in [0.25, 0.3) is 11.5 Å². The molecule has 1 amide bonds. The summed E-state index contributed by atoms with van der Waals surface area (Å²) in [7, 11) is 0. The van der Waals surface area contributed by atoms with Gasteiger partial charge in [0.15, 0.2) is 5.16 Å². The van der Waals surface area contributed by atoms with Crippen molar-refractivity contribution in [3.05, 3.63) is 99.2 Å². The minimum absolute atomic E-state index is 0.0625. The molecule has 2 heterocycles. The molecular formula is C29H24N4O2S2. The second kappa shape index (κ2) is 10.3. The van der Waals surface area contributed by atoms with Crippen molar-refractivity contribution < 1.29 is 4.79 Å². The summed E-state index contributed by atoms with van der Waals surface area (Å²) in [6, 6.07) is 23.5. The van der Waals surface area contributed by atoms with Crippen LogP contribution in [0, 0.1) is 0 Å². The van der Waals surface area contributed by atoms with E-state index in [2.05, 4.69) is 10.5 Å². The number of thioether (sulfide) groups is 1. The number of hydrazone groups is 1. The average Bonchev–Trinajstić information content (AvgIpc) is 3.31. The third kappa shape index (κ3) is 4.70. The molecule has 6 nitrogen and oxygen atoms in total. The van der Waals surface area contributed by atoms with Crippen molar-refractivity contribution in [2.24, 2.45) is 5.10 Å². The van der Waals surface area contributed by atoms with Gasteiger partial charge >= 0.3 is 0 Å². The molecule has 1 N–H and O–H groups in total. The van der Waals surface area contributed by atoms with Gasteiger partial charge in [0, 0.05) is 10.4 Å². The molecule has 0 unspecified atom stereocenters. The fourth-order valence-corrected chi connectivity index (χ4v) is 6.89. The van der Waals surface area contributed by atoms with Crippen molar-refractivity contribution in [2.45, 2.75) is 30.8 Å². The molecular weight excluding hydrogens is 500 g/mol. The lowest BCUT2D eigenvalue weighted by Gasteiger charge is -2.13. The van der Waals surface area contributed by atoms with Crippen molar-refractivity contribution in [3.63, 3.8) is 0 Å². The highest BCUT2D eigenvalue weighted by Gasteiger charge is 2.23. The van der Waals surface area contributed by atoms with E-state index in [0.717, 1.165) is 63.5 Å². The lowest BCUT2D eigenvalue weighted by molar-refractivity contribution is -0.118. The van der Waals surface area contributed by atoms with Gasteiger partial charge in [-0.1, -0.05) is 72.4 Å². The van der Waals surface area contributed by atoms with E-state index >= 15 is 0 Å². The smallest absolute Gasteiger partial charge is 0.267 e. The molecule has 0 spiro atoms. The number of hydrogen-bond donors (Lipinski definition) is 1. The zero-order valence-electron chi connectivity index (χ0n) is 20.0. The molecule has 1 aliphatic carbocycles. The molecule has 0 saturated heterocycles. The molecule has 2 aromatic heterocycles. The summed E-state index contributed by atoms with van der Waals surface area (Å²) in [5.41, 5.74) is 5.38. The number of rotatable bonds is 6. The Hall–Kier alpha value is -3.75. The molecule has 6 rings (SSSR count). The number of carbonyl (C=O) groups is 1. The fraction of sp³-hybridized carbons (Fsp3) is 0.172. The third-order valence-electron chi connectivity index (χ3n) is 6.52. The number of thiophene rings is 1. The predicted molar refractivity (Wildman–Crippen MR) is 152 cm³/mol. The Balaban J connectivity index is 1.26. The second-order valence-corrected chi connectivity index (χ2v) is 10.9. The Morgan fingerprint density at radius 1 is 1.03 bits per heavy atom. The minimum Gasteiger partial charge on any atom is -0.272 e. The Morgan fingerprint density at radius 3 is 2.70 bits per heavy atom. The molecule has 1 aliphatic rings. The first-order chi connectivity index (χ1) is 18.2. The van der Waals surface area contributed by atoms with E-state index in [9.17, 15) is 9.59 Å². The normalized spacial score (nSPS) is 13.3. The van der Waals surface area contributed by atoms with Gasteiger partial charge in [0.1, 0.15) is 4.83 Å². The van der Waals surface area contributed by atoms with E-state index in [1.165, 1.54) is 16.6 Å². The maximum Gasteiger partial charge on any atom is 0.267 e. The summed E-state index contributed by atoms with van der Waals surface area (Å²) >= 11 is 2.86. The Morgan fingerprint density at radius 2 is 1.81 bits per heavy atom. The van der Waals surface area contributed by atoms with Gasteiger partial charge < -0.3 is 0 Å². The van der Waals surface area contributed by atoms with Crippen LogP contribution in [0.2, 0.25) is 0 Å².